The number of rotatable bonds is 8. The van der Waals surface area contributed by atoms with Crippen molar-refractivity contribution in [1.29, 1.82) is 0 Å². The van der Waals surface area contributed by atoms with Crippen LogP contribution in [0.2, 0.25) is 0 Å². The van der Waals surface area contributed by atoms with E-state index in [1.54, 1.807) is 0 Å². The monoisotopic (exact) mass is 464 g/mol. The fourth-order valence-corrected chi connectivity index (χ4v) is 5.78. The lowest BCUT2D eigenvalue weighted by Crippen LogP contribution is -2.45. The molecule has 2 aromatic rings. The van der Waals surface area contributed by atoms with E-state index >= 15 is 0 Å². The van der Waals surface area contributed by atoms with E-state index in [1.807, 2.05) is 24.3 Å². The van der Waals surface area contributed by atoms with Crippen LogP contribution in [0.25, 0.3) is 11.1 Å². The van der Waals surface area contributed by atoms with E-state index in [4.69, 9.17) is 9.84 Å². The van der Waals surface area contributed by atoms with Gasteiger partial charge in [-0.25, -0.2) is 9.59 Å². The smallest absolute Gasteiger partial charge is 0.407 e. The molecule has 0 spiro atoms. The Morgan fingerprint density at radius 2 is 1.68 bits per heavy atom. The summed E-state index contributed by atoms with van der Waals surface area (Å²) in [5, 5.41) is 23.7. The summed E-state index contributed by atoms with van der Waals surface area (Å²) in [5.74, 6) is -1.38. The minimum Gasteiger partial charge on any atom is -0.480 e. The number of hydrogen-bond acceptors (Lipinski definition) is 5. The van der Waals surface area contributed by atoms with Crippen molar-refractivity contribution in [2.24, 2.45) is 11.3 Å². The Hall–Kier alpha value is -3.39. The molecule has 4 N–H and O–H groups in total. The van der Waals surface area contributed by atoms with Gasteiger partial charge in [0.05, 0.1) is 5.41 Å². The summed E-state index contributed by atoms with van der Waals surface area (Å²) in [6.07, 6.45) is 1.26. The molecule has 8 nitrogen and oxygen atoms in total. The number of ether oxygens (including phenoxy) is 1. The van der Waals surface area contributed by atoms with Gasteiger partial charge in [0.15, 0.2) is 0 Å². The minimum absolute atomic E-state index is 0.0215. The number of alkyl carbamates (subject to hydrolysis) is 1. The van der Waals surface area contributed by atoms with Crippen molar-refractivity contribution in [3.8, 4) is 11.1 Å². The van der Waals surface area contributed by atoms with Gasteiger partial charge >= 0.3 is 12.1 Å². The third-order valence-electron chi connectivity index (χ3n) is 7.55. The van der Waals surface area contributed by atoms with Gasteiger partial charge in [0, 0.05) is 25.0 Å². The number of fused-ring (bicyclic) bond motifs is 4. The maximum Gasteiger partial charge on any atom is 0.407 e. The summed E-state index contributed by atoms with van der Waals surface area (Å²) >= 11 is 0. The second-order valence-corrected chi connectivity index (χ2v) is 9.54. The quantitative estimate of drug-likeness (QED) is 0.476. The van der Waals surface area contributed by atoms with Crippen molar-refractivity contribution in [2.45, 2.75) is 43.7 Å². The van der Waals surface area contributed by atoms with Crippen molar-refractivity contribution < 1.29 is 29.3 Å². The molecule has 0 saturated heterocycles. The number of hydrogen-bond donors (Lipinski definition) is 4. The van der Waals surface area contributed by atoms with Gasteiger partial charge < -0.3 is 25.6 Å². The molecule has 0 heterocycles. The van der Waals surface area contributed by atoms with E-state index < -0.39 is 23.5 Å². The molecule has 0 bridgehead atoms. The van der Waals surface area contributed by atoms with Crippen molar-refractivity contribution in [1.82, 2.24) is 10.6 Å². The van der Waals surface area contributed by atoms with Gasteiger partial charge in [-0.2, -0.15) is 0 Å². The molecule has 3 aliphatic carbocycles. The number of aliphatic hydroxyl groups excluding tert-OH is 1. The van der Waals surface area contributed by atoms with Crippen molar-refractivity contribution in [3.63, 3.8) is 0 Å². The van der Waals surface area contributed by atoms with E-state index in [9.17, 15) is 19.5 Å². The Balaban J connectivity index is 1.17. The van der Waals surface area contributed by atoms with Crippen LogP contribution in [0.1, 0.15) is 42.7 Å². The molecule has 2 saturated carbocycles. The van der Waals surface area contributed by atoms with E-state index in [2.05, 4.69) is 34.9 Å². The van der Waals surface area contributed by atoms with Crippen LogP contribution in [0, 0.1) is 11.3 Å². The Bertz CT molecular complexity index is 1090. The molecule has 2 fully saturated rings. The van der Waals surface area contributed by atoms with Crippen LogP contribution in [0.5, 0.6) is 0 Å². The molecule has 4 atom stereocenters. The average Bonchev–Trinajstić information content (AvgIpc) is 3.25. The van der Waals surface area contributed by atoms with Crippen LogP contribution in [-0.4, -0.2) is 53.5 Å². The zero-order chi connectivity index (χ0) is 23.9. The van der Waals surface area contributed by atoms with E-state index in [0.717, 1.165) is 22.3 Å². The number of carbonyl (C=O) groups is 3. The van der Waals surface area contributed by atoms with Gasteiger partial charge in [-0.1, -0.05) is 48.5 Å². The SMILES string of the molecule is O=C(NC1CC2CC2(C(=O)N[C@H](CCO)C(=O)O)C1)OCC1c2ccccc2-c2ccccc21. The van der Waals surface area contributed by atoms with Gasteiger partial charge in [-0.05, 0) is 47.4 Å². The predicted molar refractivity (Wildman–Crippen MR) is 123 cm³/mol. The normalized spacial score (nSPS) is 25.0. The number of aliphatic carboxylic acids is 1. The molecule has 34 heavy (non-hydrogen) atoms. The van der Waals surface area contributed by atoms with Crippen LogP contribution < -0.4 is 10.6 Å². The molecule has 2 amide bonds. The zero-order valence-corrected chi connectivity index (χ0v) is 18.7. The summed E-state index contributed by atoms with van der Waals surface area (Å²) in [6.45, 7) is -0.0945. The first-order valence-corrected chi connectivity index (χ1v) is 11.7. The lowest BCUT2D eigenvalue weighted by Gasteiger charge is -2.21. The average molecular weight is 465 g/mol. The van der Waals surface area contributed by atoms with Gasteiger partial charge in [-0.15, -0.1) is 0 Å². The molecule has 3 aliphatic rings. The van der Waals surface area contributed by atoms with E-state index in [1.165, 1.54) is 0 Å². The second kappa shape index (κ2) is 8.76. The number of benzene rings is 2. The maximum atomic E-state index is 12.8. The number of nitrogens with one attached hydrogen (secondary N) is 2. The Labute approximate surface area is 197 Å². The van der Waals surface area contributed by atoms with Crippen molar-refractivity contribution in [3.05, 3.63) is 59.7 Å². The summed E-state index contributed by atoms with van der Waals surface area (Å²) in [4.78, 5) is 36.7. The van der Waals surface area contributed by atoms with Gasteiger partial charge in [0.1, 0.15) is 12.6 Å². The maximum absolute atomic E-state index is 12.8. The van der Waals surface area contributed by atoms with E-state index in [-0.39, 0.29) is 43.4 Å². The highest BCUT2D eigenvalue weighted by Gasteiger charge is 2.65. The van der Waals surface area contributed by atoms with Crippen LogP contribution in [0.4, 0.5) is 4.79 Å². The third kappa shape index (κ3) is 3.92. The number of carbonyl (C=O) groups excluding carboxylic acids is 2. The topological polar surface area (TPSA) is 125 Å². The first-order valence-electron chi connectivity index (χ1n) is 11.7. The molecule has 3 unspecified atom stereocenters. The number of carboxylic acids is 1. The van der Waals surface area contributed by atoms with Gasteiger partial charge in [0.2, 0.25) is 5.91 Å². The van der Waals surface area contributed by atoms with Crippen molar-refractivity contribution >= 4 is 18.0 Å². The van der Waals surface area contributed by atoms with Crippen molar-refractivity contribution in [2.75, 3.05) is 13.2 Å². The Morgan fingerprint density at radius 1 is 1.03 bits per heavy atom. The molecule has 0 radical (unpaired) electrons. The number of aliphatic hydroxyl groups is 1. The van der Waals surface area contributed by atoms with Gasteiger partial charge in [-0.3, -0.25) is 4.79 Å². The Kier molecular flexibility index (Phi) is 5.77. The number of amides is 2. The lowest BCUT2D eigenvalue weighted by atomic mass is 9.98. The van der Waals surface area contributed by atoms with Crippen LogP contribution in [-0.2, 0) is 14.3 Å². The largest absolute Gasteiger partial charge is 0.480 e. The predicted octanol–water partition coefficient (Wildman–Crippen LogP) is 2.65. The molecule has 0 aliphatic heterocycles. The molecule has 5 rings (SSSR count). The molecule has 2 aromatic carbocycles. The number of carboxylic acid groups (broad SMARTS) is 1. The van der Waals surface area contributed by atoms with Crippen LogP contribution >= 0.6 is 0 Å². The first-order chi connectivity index (χ1) is 16.4. The highest BCUT2D eigenvalue weighted by atomic mass is 16.5. The van der Waals surface area contributed by atoms with E-state index in [0.29, 0.717) is 19.3 Å². The molecule has 8 heteroatoms. The summed E-state index contributed by atoms with van der Waals surface area (Å²) < 4.78 is 5.62. The summed E-state index contributed by atoms with van der Waals surface area (Å²) in [5.41, 5.74) is 3.98. The highest BCUT2D eigenvalue weighted by Crippen LogP contribution is 2.63. The highest BCUT2D eigenvalue weighted by molar-refractivity contribution is 5.90. The summed E-state index contributed by atoms with van der Waals surface area (Å²) in [6, 6.07) is 15.0. The fraction of sp³-hybridized carbons (Fsp3) is 0.423. The van der Waals surface area contributed by atoms with Crippen LogP contribution in [0.15, 0.2) is 48.5 Å². The molecular formula is C26H28N2O6. The fourth-order valence-electron chi connectivity index (χ4n) is 5.78. The van der Waals surface area contributed by atoms with Gasteiger partial charge in [0.25, 0.3) is 0 Å². The molecular weight excluding hydrogens is 436 g/mol. The summed E-state index contributed by atoms with van der Waals surface area (Å²) in [7, 11) is 0. The third-order valence-corrected chi connectivity index (χ3v) is 7.55. The Morgan fingerprint density at radius 3 is 2.29 bits per heavy atom. The minimum atomic E-state index is -1.16. The lowest BCUT2D eigenvalue weighted by molar-refractivity contribution is -0.143. The second-order valence-electron chi connectivity index (χ2n) is 9.54. The first kappa shape index (κ1) is 22.4. The standard InChI is InChI=1S/C26H28N2O6/c29-10-9-22(23(30)31)28-24(32)26-12-15(26)11-16(13-26)27-25(33)34-14-21-19-7-3-1-5-17(19)18-6-2-4-8-20(18)21/h1-8,15-16,21-22,29H,9-14H2,(H,27,33)(H,28,32)(H,30,31)/t15?,16?,22-,26?/m1/s1. The molecule has 178 valence electrons. The zero-order valence-electron chi connectivity index (χ0n) is 18.7. The molecule has 0 aromatic heterocycles. The van der Waals surface area contributed by atoms with Crippen LogP contribution in [0.3, 0.4) is 0 Å².